The van der Waals surface area contributed by atoms with E-state index in [0.29, 0.717) is 23.7 Å². The normalized spacial score (nSPS) is 11.3. The molecule has 33 heavy (non-hydrogen) atoms. The first-order valence-electron chi connectivity index (χ1n) is 13.3. The van der Waals surface area contributed by atoms with Crippen LogP contribution in [0, 0.1) is 10.8 Å². The maximum Gasteiger partial charge on any atom is 0.303 e. The van der Waals surface area contributed by atoms with Crippen LogP contribution in [-0.2, 0) is 29.1 Å². The quantitative estimate of drug-likeness (QED) is 0.139. The number of hydrogen-bond donors (Lipinski definition) is 2. The van der Waals surface area contributed by atoms with Crippen LogP contribution < -0.4 is 0 Å². The molecule has 0 aliphatic carbocycles. The van der Waals surface area contributed by atoms with E-state index in [0.717, 1.165) is 25.7 Å². The number of carboxylic acids is 2. The van der Waals surface area contributed by atoms with Gasteiger partial charge in [-0.2, -0.15) is 0 Å². The van der Waals surface area contributed by atoms with Crippen molar-refractivity contribution in [3.05, 3.63) is 0 Å². The molecule has 0 aromatic rings. The number of carboxylic acid groups (broad SMARTS) is 2. The van der Waals surface area contributed by atoms with Crippen molar-refractivity contribution in [1.82, 2.24) is 0 Å². The van der Waals surface area contributed by atoms with Gasteiger partial charge < -0.3 is 10.2 Å². The molecule has 0 bridgehead atoms. The van der Waals surface area contributed by atoms with Crippen LogP contribution >= 0.6 is 0 Å². The SMILES string of the molecule is CC(C)(C)CCCCCCCCCC(=O)O.CC(C)(C)CCCCCCCCCC(=O)O.[Zn]. The van der Waals surface area contributed by atoms with Gasteiger partial charge in [0.2, 0.25) is 0 Å². The molecule has 0 radical (unpaired) electrons. The van der Waals surface area contributed by atoms with Gasteiger partial charge in [0.15, 0.2) is 0 Å². The van der Waals surface area contributed by atoms with E-state index in [1.165, 1.54) is 77.0 Å². The summed E-state index contributed by atoms with van der Waals surface area (Å²) in [5.74, 6) is -1.32. The largest absolute Gasteiger partial charge is 0.481 e. The first-order valence-corrected chi connectivity index (χ1v) is 13.3. The van der Waals surface area contributed by atoms with Crippen LogP contribution in [-0.4, -0.2) is 22.2 Å². The van der Waals surface area contributed by atoms with E-state index >= 15 is 0 Å². The van der Waals surface area contributed by atoms with E-state index in [9.17, 15) is 9.59 Å². The molecule has 0 heterocycles. The first-order chi connectivity index (χ1) is 14.8. The second-order valence-electron chi connectivity index (χ2n) is 11.9. The molecule has 0 saturated carbocycles. The molecule has 0 spiro atoms. The van der Waals surface area contributed by atoms with Crippen molar-refractivity contribution >= 4 is 11.9 Å². The summed E-state index contributed by atoms with van der Waals surface area (Å²) >= 11 is 0. The van der Waals surface area contributed by atoms with Crippen LogP contribution in [0.1, 0.15) is 157 Å². The van der Waals surface area contributed by atoms with Crippen molar-refractivity contribution in [3.63, 3.8) is 0 Å². The Bertz CT molecular complexity index is 408. The Hall–Kier alpha value is -0.437. The molecule has 194 valence electrons. The Morgan fingerprint density at radius 1 is 0.455 bits per heavy atom. The van der Waals surface area contributed by atoms with Gasteiger partial charge in [-0.25, -0.2) is 0 Å². The Balaban J connectivity index is -0.000000529. The molecule has 0 aromatic heterocycles. The van der Waals surface area contributed by atoms with Crippen molar-refractivity contribution in [1.29, 1.82) is 0 Å². The van der Waals surface area contributed by atoms with Crippen molar-refractivity contribution in [2.24, 2.45) is 10.8 Å². The fourth-order valence-electron chi connectivity index (χ4n) is 3.63. The standard InChI is InChI=1S/2C14H28O2.Zn/c2*1-14(2,3)12-10-8-6-4-5-7-9-11-13(15)16;/h2*4-12H2,1-3H3,(H,15,16);. The molecule has 0 fully saturated rings. The minimum absolute atomic E-state index is 0. The monoisotopic (exact) mass is 520 g/mol. The van der Waals surface area contributed by atoms with Crippen LogP contribution in [0.3, 0.4) is 0 Å². The van der Waals surface area contributed by atoms with Crippen LogP contribution in [0.4, 0.5) is 0 Å². The summed E-state index contributed by atoms with van der Waals surface area (Å²) in [6.45, 7) is 13.7. The van der Waals surface area contributed by atoms with Gasteiger partial charge in [-0.15, -0.1) is 0 Å². The molecule has 0 aliphatic rings. The van der Waals surface area contributed by atoms with E-state index in [4.69, 9.17) is 10.2 Å². The van der Waals surface area contributed by atoms with Gasteiger partial charge in [0.1, 0.15) is 0 Å². The Morgan fingerprint density at radius 3 is 0.879 bits per heavy atom. The zero-order valence-corrected chi connectivity index (χ0v) is 26.1. The predicted molar refractivity (Wildman–Crippen MR) is 137 cm³/mol. The van der Waals surface area contributed by atoms with E-state index in [-0.39, 0.29) is 19.5 Å². The van der Waals surface area contributed by atoms with E-state index < -0.39 is 11.9 Å². The molecule has 0 amide bonds. The Kier molecular flexibility index (Phi) is 26.2. The number of aliphatic carboxylic acids is 2. The summed E-state index contributed by atoms with van der Waals surface area (Å²) in [6.07, 6.45) is 20.0. The molecule has 0 saturated heterocycles. The third-order valence-corrected chi connectivity index (χ3v) is 5.63. The van der Waals surface area contributed by atoms with E-state index in [2.05, 4.69) is 41.5 Å². The molecule has 0 rings (SSSR count). The van der Waals surface area contributed by atoms with Crippen LogP contribution in [0.25, 0.3) is 0 Å². The molecule has 2 N–H and O–H groups in total. The number of unbranched alkanes of at least 4 members (excludes halogenated alkanes) is 12. The minimum atomic E-state index is -0.662. The smallest absolute Gasteiger partial charge is 0.303 e. The van der Waals surface area contributed by atoms with Gasteiger partial charge in [-0.1, -0.05) is 119 Å². The van der Waals surface area contributed by atoms with Crippen LogP contribution in [0.2, 0.25) is 0 Å². The predicted octanol–water partition coefficient (Wildman–Crippen LogP) is 9.25. The second-order valence-corrected chi connectivity index (χ2v) is 11.9. The maximum absolute atomic E-state index is 10.3. The van der Waals surface area contributed by atoms with Gasteiger partial charge in [0.05, 0.1) is 0 Å². The summed E-state index contributed by atoms with van der Waals surface area (Å²) in [4.78, 5) is 20.5. The summed E-state index contributed by atoms with van der Waals surface area (Å²) in [5, 5.41) is 16.9. The molecule has 0 aliphatic heterocycles. The van der Waals surface area contributed by atoms with Crippen LogP contribution in [0.15, 0.2) is 0 Å². The van der Waals surface area contributed by atoms with Gasteiger partial charge in [0, 0.05) is 32.3 Å². The number of hydrogen-bond acceptors (Lipinski definition) is 2. The molecule has 5 heteroatoms. The zero-order chi connectivity index (χ0) is 24.9. The summed E-state index contributed by atoms with van der Waals surface area (Å²) in [7, 11) is 0. The second kappa shape index (κ2) is 23.3. The zero-order valence-electron chi connectivity index (χ0n) is 23.1. The first kappa shape index (κ1) is 37.1. The topological polar surface area (TPSA) is 74.6 Å². The molecular weight excluding hydrogens is 466 g/mol. The fourth-order valence-corrected chi connectivity index (χ4v) is 3.63. The van der Waals surface area contributed by atoms with Gasteiger partial charge in [-0.3, -0.25) is 9.59 Å². The number of rotatable bonds is 18. The van der Waals surface area contributed by atoms with Gasteiger partial charge in [-0.05, 0) is 36.5 Å². The molecule has 0 unspecified atom stereocenters. The summed E-state index contributed by atoms with van der Waals surface area (Å²) in [6, 6.07) is 0. The van der Waals surface area contributed by atoms with Crippen molar-refractivity contribution in [2.75, 3.05) is 0 Å². The van der Waals surface area contributed by atoms with Crippen LogP contribution in [0.5, 0.6) is 0 Å². The summed E-state index contributed by atoms with van der Waals surface area (Å²) in [5.41, 5.74) is 0.947. The van der Waals surface area contributed by atoms with Gasteiger partial charge in [0.25, 0.3) is 0 Å². The molecular formula is C28H56O4Zn. The third-order valence-electron chi connectivity index (χ3n) is 5.63. The average molecular weight is 522 g/mol. The van der Waals surface area contributed by atoms with Gasteiger partial charge >= 0.3 is 11.9 Å². The Labute approximate surface area is 218 Å². The fraction of sp³-hybridized carbons (Fsp3) is 0.929. The average Bonchev–Trinajstić information content (AvgIpc) is 2.63. The van der Waals surface area contributed by atoms with E-state index in [1.807, 2.05) is 0 Å². The van der Waals surface area contributed by atoms with Crippen molar-refractivity contribution in [3.8, 4) is 0 Å². The molecule has 4 nitrogen and oxygen atoms in total. The van der Waals surface area contributed by atoms with Crippen molar-refractivity contribution < 1.29 is 39.3 Å². The summed E-state index contributed by atoms with van der Waals surface area (Å²) < 4.78 is 0. The molecule has 0 aromatic carbocycles. The third kappa shape index (κ3) is 42.2. The minimum Gasteiger partial charge on any atom is -0.481 e. The number of carbonyl (C=O) groups is 2. The van der Waals surface area contributed by atoms with E-state index in [1.54, 1.807) is 0 Å². The van der Waals surface area contributed by atoms with Crippen molar-refractivity contribution in [2.45, 2.75) is 157 Å². The Morgan fingerprint density at radius 2 is 0.667 bits per heavy atom. The molecule has 0 atom stereocenters. The maximum atomic E-state index is 10.3.